The number of nitrogens with one attached hydrogen (secondary N) is 2. The molecular formula is C20H21N3O4. The van der Waals surface area contributed by atoms with E-state index < -0.39 is 5.76 Å². The summed E-state index contributed by atoms with van der Waals surface area (Å²) in [4.78, 5) is 35.4. The van der Waals surface area contributed by atoms with Crippen LogP contribution in [0.5, 0.6) is 0 Å². The van der Waals surface area contributed by atoms with Gasteiger partial charge in [-0.1, -0.05) is 24.3 Å². The Bertz CT molecular complexity index is 1030. The fraction of sp³-hybridized carbons (Fsp3) is 0.250. The Morgan fingerprint density at radius 2 is 1.93 bits per heavy atom. The lowest BCUT2D eigenvalue weighted by Gasteiger charge is -2.15. The van der Waals surface area contributed by atoms with Gasteiger partial charge < -0.3 is 15.1 Å². The van der Waals surface area contributed by atoms with Crippen molar-refractivity contribution in [2.45, 2.75) is 32.9 Å². The van der Waals surface area contributed by atoms with Crippen LogP contribution >= 0.6 is 0 Å². The Morgan fingerprint density at radius 1 is 1.15 bits per heavy atom. The smallest absolute Gasteiger partial charge is 0.408 e. The number of hydrogen-bond acceptors (Lipinski definition) is 4. The maximum Gasteiger partial charge on any atom is 0.419 e. The van der Waals surface area contributed by atoms with E-state index in [4.69, 9.17) is 4.42 Å². The van der Waals surface area contributed by atoms with Gasteiger partial charge in [0.25, 0.3) is 0 Å². The van der Waals surface area contributed by atoms with Gasteiger partial charge in [0.15, 0.2) is 5.58 Å². The summed E-state index contributed by atoms with van der Waals surface area (Å²) in [7, 11) is 0. The number of carbonyl (C=O) groups excluding carboxylic acids is 2. The predicted molar refractivity (Wildman–Crippen MR) is 102 cm³/mol. The zero-order valence-electron chi connectivity index (χ0n) is 15.2. The van der Waals surface area contributed by atoms with Crippen LogP contribution in [0, 0.1) is 0 Å². The topological polar surface area (TPSA) is 93.3 Å². The number of amides is 2. The Labute approximate surface area is 156 Å². The standard InChI is InChI=1S/C20H21N3O4/c1-13(15-6-5-7-16(12-15)22-14(2)24)21-19(25)10-11-23-17-8-3-4-9-18(17)27-20(23)26/h3-9,12-13H,10-11H2,1-2H3,(H,21,25)(H,22,24). The largest absolute Gasteiger partial charge is 0.419 e. The van der Waals surface area contributed by atoms with E-state index in [1.54, 1.807) is 24.3 Å². The zero-order valence-corrected chi connectivity index (χ0v) is 15.2. The number of carbonyl (C=O) groups is 2. The summed E-state index contributed by atoms with van der Waals surface area (Å²) in [5.41, 5.74) is 2.73. The Hall–Kier alpha value is -3.35. The van der Waals surface area contributed by atoms with Crippen molar-refractivity contribution in [2.75, 3.05) is 5.32 Å². The lowest BCUT2D eigenvalue weighted by molar-refractivity contribution is -0.122. The van der Waals surface area contributed by atoms with Crippen LogP contribution in [0.15, 0.2) is 57.7 Å². The van der Waals surface area contributed by atoms with Crippen LogP contribution in [-0.2, 0) is 16.1 Å². The van der Waals surface area contributed by atoms with Crippen LogP contribution in [0.1, 0.15) is 31.9 Å². The SMILES string of the molecule is CC(=O)Nc1cccc(C(C)NC(=O)CCn2c(=O)oc3ccccc32)c1. The van der Waals surface area contributed by atoms with E-state index in [9.17, 15) is 14.4 Å². The van der Waals surface area contributed by atoms with Crippen LogP contribution < -0.4 is 16.4 Å². The second kappa shape index (κ2) is 7.90. The third-order valence-electron chi connectivity index (χ3n) is 4.22. The molecule has 0 radical (unpaired) electrons. The molecule has 2 aromatic carbocycles. The molecule has 2 N–H and O–H groups in total. The van der Waals surface area contributed by atoms with Gasteiger partial charge in [-0.05, 0) is 36.8 Å². The van der Waals surface area contributed by atoms with Gasteiger partial charge in [0.2, 0.25) is 11.8 Å². The fourth-order valence-corrected chi connectivity index (χ4v) is 2.93. The quantitative estimate of drug-likeness (QED) is 0.701. The van der Waals surface area contributed by atoms with E-state index in [0.29, 0.717) is 16.8 Å². The molecule has 0 aliphatic heterocycles. The number of hydrogen-bond donors (Lipinski definition) is 2. The number of para-hydroxylation sites is 2. The van der Waals surface area contributed by atoms with Gasteiger partial charge in [-0.2, -0.15) is 0 Å². The molecule has 3 aromatic rings. The van der Waals surface area contributed by atoms with Crippen molar-refractivity contribution in [2.24, 2.45) is 0 Å². The Morgan fingerprint density at radius 3 is 2.70 bits per heavy atom. The number of oxazole rings is 1. The second-order valence-electron chi connectivity index (χ2n) is 6.33. The van der Waals surface area contributed by atoms with E-state index in [0.717, 1.165) is 5.56 Å². The van der Waals surface area contributed by atoms with Crippen LogP contribution in [-0.4, -0.2) is 16.4 Å². The van der Waals surface area contributed by atoms with Crippen LogP contribution in [0.3, 0.4) is 0 Å². The average molecular weight is 367 g/mol. The summed E-state index contributed by atoms with van der Waals surface area (Å²) in [5.74, 6) is -0.800. The predicted octanol–water partition coefficient (Wildman–Crippen LogP) is 2.82. The highest BCUT2D eigenvalue weighted by Crippen LogP contribution is 2.18. The van der Waals surface area contributed by atoms with Crippen molar-refractivity contribution in [1.29, 1.82) is 0 Å². The van der Waals surface area contributed by atoms with Gasteiger partial charge in [-0.15, -0.1) is 0 Å². The molecule has 1 unspecified atom stereocenters. The van der Waals surface area contributed by atoms with Crippen LogP contribution in [0.4, 0.5) is 5.69 Å². The molecule has 1 aromatic heterocycles. The van der Waals surface area contributed by atoms with Crippen molar-refractivity contribution in [1.82, 2.24) is 9.88 Å². The van der Waals surface area contributed by atoms with E-state index in [1.165, 1.54) is 11.5 Å². The molecule has 0 fully saturated rings. The number of anilines is 1. The highest BCUT2D eigenvalue weighted by Gasteiger charge is 2.13. The Balaban J connectivity index is 1.63. The Kier molecular flexibility index (Phi) is 5.40. The molecule has 0 spiro atoms. The van der Waals surface area contributed by atoms with E-state index in [1.807, 2.05) is 31.2 Å². The molecule has 0 saturated heterocycles. The minimum absolute atomic E-state index is 0.151. The molecule has 0 bridgehead atoms. The highest BCUT2D eigenvalue weighted by atomic mass is 16.4. The maximum atomic E-state index is 12.3. The summed E-state index contributed by atoms with van der Waals surface area (Å²) in [6, 6.07) is 14.2. The second-order valence-corrected chi connectivity index (χ2v) is 6.33. The maximum absolute atomic E-state index is 12.3. The molecule has 3 rings (SSSR count). The lowest BCUT2D eigenvalue weighted by Crippen LogP contribution is -2.28. The normalized spacial score (nSPS) is 11.9. The first-order valence-electron chi connectivity index (χ1n) is 8.69. The van der Waals surface area contributed by atoms with Crippen molar-refractivity contribution in [3.8, 4) is 0 Å². The van der Waals surface area contributed by atoms with Gasteiger partial charge in [-0.3, -0.25) is 14.2 Å². The number of aromatic nitrogens is 1. The van der Waals surface area contributed by atoms with Crippen molar-refractivity contribution < 1.29 is 14.0 Å². The van der Waals surface area contributed by atoms with E-state index >= 15 is 0 Å². The number of fused-ring (bicyclic) bond motifs is 1. The first kappa shape index (κ1) is 18.4. The fourth-order valence-electron chi connectivity index (χ4n) is 2.93. The molecule has 1 heterocycles. The lowest BCUT2D eigenvalue weighted by atomic mass is 10.1. The molecule has 1 atom stereocenters. The first-order chi connectivity index (χ1) is 12.9. The van der Waals surface area contributed by atoms with Crippen LogP contribution in [0.2, 0.25) is 0 Å². The summed E-state index contributed by atoms with van der Waals surface area (Å²) in [5, 5.41) is 5.63. The molecule has 27 heavy (non-hydrogen) atoms. The number of rotatable bonds is 6. The van der Waals surface area contributed by atoms with Gasteiger partial charge >= 0.3 is 5.76 Å². The average Bonchev–Trinajstić information content (AvgIpc) is 2.94. The van der Waals surface area contributed by atoms with Gasteiger partial charge in [0.1, 0.15) is 0 Å². The molecule has 7 nitrogen and oxygen atoms in total. The molecule has 7 heteroatoms. The minimum Gasteiger partial charge on any atom is -0.408 e. The third kappa shape index (κ3) is 4.44. The molecule has 2 amide bonds. The van der Waals surface area contributed by atoms with Gasteiger partial charge in [0.05, 0.1) is 11.6 Å². The summed E-state index contributed by atoms with van der Waals surface area (Å²) in [6.07, 6.45) is 0.152. The van der Waals surface area contributed by atoms with Crippen molar-refractivity contribution in [3.05, 3.63) is 64.6 Å². The van der Waals surface area contributed by atoms with E-state index in [2.05, 4.69) is 10.6 Å². The van der Waals surface area contributed by atoms with Gasteiger partial charge in [0, 0.05) is 25.6 Å². The third-order valence-corrected chi connectivity index (χ3v) is 4.22. The zero-order chi connectivity index (χ0) is 19.4. The summed E-state index contributed by atoms with van der Waals surface area (Å²) >= 11 is 0. The molecule has 140 valence electrons. The summed E-state index contributed by atoms with van der Waals surface area (Å²) in [6.45, 7) is 3.55. The summed E-state index contributed by atoms with van der Waals surface area (Å²) < 4.78 is 6.62. The number of nitrogens with zero attached hydrogens (tertiary/aromatic N) is 1. The number of aryl methyl sites for hydroxylation is 1. The first-order valence-corrected chi connectivity index (χ1v) is 8.69. The molecule has 0 aliphatic carbocycles. The van der Waals surface area contributed by atoms with Crippen molar-refractivity contribution >= 4 is 28.6 Å². The number of benzene rings is 2. The van der Waals surface area contributed by atoms with Crippen LogP contribution in [0.25, 0.3) is 11.1 Å². The molecule has 0 saturated carbocycles. The van der Waals surface area contributed by atoms with Gasteiger partial charge in [-0.25, -0.2) is 4.79 Å². The monoisotopic (exact) mass is 367 g/mol. The highest BCUT2D eigenvalue weighted by molar-refractivity contribution is 5.88. The molecule has 0 aliphatic rings. The van der Waals surface area contributed by atoms with E-state index in [-0.39, 0.29) is 30.8 Å². The van der Waals surface area contributed by atoms with Crippen molar-refractivity contribution in [3.63, 3.8) is 0 Å². The minimum atomic E-state index is -0.472. The molecular weight excluding hydrogens is 346 g/mol.